The Morgan fingerprint density at radius 2 is 2.05 bits per heavy atom. The minimum absolute atomic E-state index is 0.700. The highest BCUT2D eigenvalue weighted by molar-refractivity contribution is 9.10. The number of nitrogens with one attached hydrogen (secondary N) is 4. The van der Waals surface area contributed by atoms with E-state index >= 15 is 0 Å². The summed E-state index contributed by atoms with van der Waals surface area (Å²) >= 11 is 8.77. The van der Waals surface area contributed by atoms with Crippen LogP contribution >= 0.6 is 28.1 Å². The van der Waals surface area contributed by atoms with Crippen molar-refractivity contribution >= 4 is 38.9 Å². The summed E-state index contributed by atoms with van der Waals surface area (Å²) in [6.45, 7) is 7.36. The molecule has 0 radical (unpaired) electrons. The molecule has 6 heteroatoms. The van der Waals surface area contributed by atoms with Gasteiger partial charge in [0.2, 0.25) is 0 Å². The number of piperazine rings is 1. The van der Waals surface area contributed by atoms with Gasteiger partial charge in [-0.05, 0) is 30.4 Å². The monoisotopic (exact) mass is 372 g/mol. The lowest BCUT2D eigenvalue weighted by Crippen LogP contribution is -3.27. The summed E-state index contributed by atoms with van der Waals surface area (Å²) < 4.78 is 1.05. The molecular formula is C15H25BrN4S+2. The largest absolute Gasteiger partial charge is 0.362 e. The van der Waals surface area contributed by atoms with Gasteiger partial charge in [0, 0.05) is 23.1 Å². The van der Waals surface area contributed by atoms with Gasteiger partial charge in [0.05, 0.1) is 13.6 Å². The van der Waals surface area contributed by atoms with Crippen LogP contribution in [0.3, 0.4) is 0 Å². The third kappa shape index (κ3) is 6.30. The zero-order valence-electron chi connectivity index (χ0n) is 12.5. The van der Waals surface area contributed by atoms with E-state index in [0.29, 0.717) is 5.11 Å². The SMILES string of the molecule is C[NH+]1CC[NH+](CCCNC(=S)Nc2cccc(Br)c2)CC1. The van der Waals surface area contributed by atoms with E-state index in [2.05, 4.69) is 33.6 Å². The van der Waals surface area contributed by atoms with Crippen LogP contribution in [-0.2, 0) is 0 Å². The summed E-state index contributed by atoms with van der Waals surface area (Å²) in [5.74, 6) is 0. The highest BCUT2D eigenvalue weighted by Crippen LogP contribution is 2.15. The maximum atomic E-state index is 5.32. The molecule has 0 atom stereocenters. The molecule has 1 aliphatic heterocycles. The second kappa shape index (κ2) is 8.68. The average molecular weight is 373 g/mol. The first kappa shape index (κ1) is 16.7. The molecule has 21 heavy (non-hydrogen) atoms. The van der Waals surface area contributed by atoms with Gasteiger partial charge in [-0.15, -0.1) is 0 Å². The van der Waals surface area contributed by atoms with Crippen LogP contribution in [-0.4, -0.2) is 51.4 Å². The van der Waals surface area contributed by atoms with Crippen molar-refractivity contribution in [1.82, 2.24) is 5.32 Å². The van der Waals surface area contributed by atoms with Crippen LogP contribution < -0.4 is 20.4 Å². The minimum Gasteiger partial charge on any atom is -0.362 e. The lowest BCUT2D eigenvalue weighted by molar-refractivity contribution is -1.00. The standard InChI is InChI=1S/C15H23BrN4S/c1-19-8-10-20(11-9-19)7-3-6-17-15(21)18-14-5-2-4-13(16)12-14/h2,4-5,12H,3,6-11H2,1H3,(H2,17,18,21)/p+2. The van der Waals surface area contributed by atoms with Gasteiger partial charge in [-0.1, -0.05) is 22.0 Å². The number of likely N-dealkylation sites (N-methyl/N-ethyl adjacent to an activating group) is 1. The van der Waals surface area contributed by atoms with Crippen molar-refractivity contribution in [1.29, 1.82) is 0 Å². The van der Waals surface area contributed by atoms with Crippen molar-refractivity contribution < 1.29 is 9.80 Å². The smallest absolute Gasteiger partial charge is 0.170 e. The van der Waals surface area contributed by atoms with E-state index < -0.39 is 0 Å². The molecule has 4 N–H and O–H groups in total. The van der Waals surface area contributed by atoms with Crippen LogP contribution in [0, 0.1) is 0 Å². The Morgan fingerprint density at radius 1 is 1.29 bits per heavy atom. The highest BCUT2D eigenvalue weighted by Gasteiger charge is 2.18. The lowest BCUT2D eigenvalue weighted by Gasteiger charge is -2.27. The molecule has 0 unspecified atom stereocenters. The predicted molar refractivity (Wildman–Crippen MR) is 95.2 cm³/mol. The Hall–Kier alpha value is -0.690. The maximum absolute atomic E-state index is 5.32. The number of benzene rings is 1. The molecular weight excluding hydrogens is 348 g/mol. The van der Waals surface area contributed by atoms with Gasteiger partial charge in [0.1, 0.15) is 26.2 Å². The fourth-order valence-corrected chi connectivity index (χ4v) is 3.18. The first-order chi connectivity index (χ1) is 10.1. The molecule has 1 saturated heterocycles. The van der Waals surface area contributed by atoms with Crippen molar-refractivity contribution in [2.24, 2.45) is 0 Å². The molecule has 0 spiro atoms. The lowest BCUT2D eigenvalue weighted by atomic mass is 10.3. The Morgan fingerprint density at radius 3 is 2.76 bits per heavy atom. The zero-order chi connectivity index (χ0) is 15.1. The summed E-state index contributed by atoms with van der Waals surface area (Å²) in [7, 11) is 2.28. The summed E-state index contributed by atoms with van der Waals surface area (Å²) in [5.41, 5.74) is 1.01. The molecule has 0 amide bonds. The number of rotatable bonds is 5. The maximum Gasteiger partial charge on any atom is 0.170 e. The van der Waals surface area contributed by atoms with Gasteiger partial charge < -0.3 is 20.4 Å². The van der Waals surface area contributed by atoms with Gasteiger partial charge in [0.15, 0.2) is 5.11 Å². The van der Waals surface area contributed by atoms with E-state index in [1.807, 2.05) is 24.3 Å². The second-order valence-corrected chi connectivity index (χ2v) is 7.03. The van der Waals surface area contributed by atoms with Crippen molar-refractivity contribution in [3.05, 3.63) is 28.7 Å². The molecule has 1 heterocycles. The minimum atomic E-state index is 0.700. The van der Waals surface area contributed by atoms with E-state index in [-0.39, 0.29) is 0 Å². The summed E-state index contributed by atoms with van der Waals surface area (Å²) in [4.78, 5) is 3.39. The molecule has 0 aliphatic carbocycles. The van der Waals surface area contributed by atoms with E-state index in [0.717, 1.165) is 23.1 Å². The summed E-state index contributed by atoms with van der Waals surface area (Å²) in [5, 5.41) is 7.19. The highest BCUT2D eigenvalue weighted by atomic mass is 79.9. The third-order valence-corrected chi connectivity index (χ3v) is 4.63. The molecule has 116 valence electrons. The Bertz CT molecular complexity index is 461. The van der Waals surface area contributed by atoms with Crippen LogP contribution in [0.5, 0.6) is 0 Å². The number of thiocarbonyl (C=S) groups is 1. The van der Waals surface area contributed by atoms with Crippen LogP contribution in [0.4, 0.5) is 5.69 Å². The van der Waals surface area contributed by atoms with Gasteiger partial charge >= 0.3 is 0 Å². The molecule has 1 aliphatic rings. The third-order valence-electron chi connectivity index (χ3n) is 3.89. The number of hydrogen-bond acceptors (Lipinski definition) is 1. The van der Waals surface area contributed by atoms with E-state index in [1.165, 1.54) is 32.7 Å². The van der Waals surface area contributed by atoms with Crippen LogP contribution in [0.2, 0.25) is 0 Å². The van der Waals surface area contributed by atoms with Gasteiger partial charge in [0.25, 0.3) is 0 Å². The van der Waals surface area contributed by atoms with E-state index in [1.54, 1.807) is 9.80 Å². The Labute approximate surface area is 141 Å². The number of anilines is 1. The van der Waals surface area contributed by atoms with Gasteiger partial charge in [-0.2, -0.15) is 0 Å². The van der Waals surface area contributed by atoms with Crippen molar-refractivity contribution in [3.8, 4) is 0 Å². The molecule has 0 saturated carbocycles. The fourth-order valence-electron chi connectivity index (χ4n) is 2.56. The molecule has 1 aromatic rings. The van der Waals surface area contributed by atoms with Crippen molar-refractivity contribution in [3.63, 3.8) is 0 Å². The Balaban J connectivity index is 1.59. The van der Waals surface area contributed by atoms with Crippen LogP contribution in [0.25, 0.3) is 0 Å². The van der Waals surface area contributed by atoms with Gasteiger partial charge in [-0.3, -0.25) is 0 Å². The summed E-state index contributed by atoms with van der Waals surface area (Å²) in [6.07, 6.45) is 1.16. The molecule has 1 fully saturated rings. The topological polar surface area (TPSA) is 32.9 Å². The van der Waals surface area contributed by atoms with Crippen molar-refractivity contribution in [2.45, 2.75) is 6.42 Å². The molecule has 0 bridgehead atoms. The van der Waals surface area contributed by atoms with Crippen LogP contribution in [0.1, 0.15) is 6.42 Å². The van der Waals surface area contributed by atoms with Crippen LogP contribution in [0.15, 0.2) is 28.7 Å². The quantitative estimate of drug-likeness (QED) is 0.417. The molecule has 2 rings (SSSR count). The first-order valence-corrected chi connectivity index (χ1v) is 8.79. The van der Waals surface area contributed by atoms with E-state index in [4.69, 9.17) is 12.2 Å². The van der Waals surface area contributed by atoms with Gasteiger partial charge in [-0.25, -0.2) is 0 Å². The van der Waals surface area contributed by atoms with Crippen molar-refractivity contribution in [2.75, 3.05) is 51.6 Å². The zero-order valence-corrected chi connectivity index (χ0v) is 14.9. The molecule has 4 nitrogen and oxygen atoms in total. The first-order valence-electron chi connectivity index (χ1n) is 7.59. The van der Waals surface area contributed by atoms with E-state index in [9.17, 15) is 0 Å². The predicted octanol–water partition coefficient (Wildman–Crippen LogP) is -0.461. The Kier molecular flexibility index (Phi) is 6.89. The average Bonchev–Trinajstić information content (AvgIpc) is 2.45. The summed E-state index contributed by atoms with van der Waals surface area (Å²) in [6, 6.07) is 8.02. The fraction of sp³-hybridized carbons (Fsp3) is 0.533. The molecule has 1 aromatic carbocycles. The number of hydrogen-bond donors (Lipinski definition) is 4. The second-order valence-electron chi connectivity index (χ2n) is 5.70. The normalized spacial score (nSPS) is 21.8. The number of halogens is 1. The molecule has 0 aromatic heterocycles. The number of quaternary nitrogens is 2.